The number of hydrogen-bond donors (Lipinski definition) is 2. The maximum Gasteiger partial charge on any atom is 0.337 e. The van der Waals surface area contributed by atoms with Gasteiger partial charge in [0.2, 0.25) is 0 Å². The zero-order valence-corrected chi connectivity index (χ0v) is 10.7. The number of carboxylic acid groups (broad SMARTS) is 1. The van der Waals surface area contributed by atoms with Crippen LogP contribution in [-0.2, 0) is 0 Å². The number of nitrogens with one attached hydrogen (secondary N) is 1. The molecule has 0 saturated carbocycles. The van der Waals surface area contributed by atoms with Gasteiger partial charge in [-0.1, -0.05) is 11.6 Å². The number of aromatic nitrogens is 1. The van der Waals surface area contributed by atoms with Gasteiger partial charge in [-0.15, -0.1) is 0 Å². The lowest BCUT2D eigenvalue weighted by Crippen LogP contribution is -2.00. The molecule has 20 heavy (non-hydrogen) atoms. The van der Waals surface area contributed by atoms with E-state index in [1.54, 1.807) is 0 Å². The molecule has 1 aromatic heterocycles. The van der Waals surface area contributed by atoms with E-state index in [0.29, 0.717) is 5.69 Å². The molecular weight excluding hydrogens is 286 g/mol. The molecule has 0 bridgehead atoms. The first-order valence-corrected chi connectivity index (χ1v) is 5.75. The summed E-state index contributed by atoms with van der Waals surface area (Å²) in [5.41, 5.74) is 0.450. The van der Waals surface area contributed by atoms with Gasteiger partial charge in [0.25, 0.3) is 0 Å². The van der Waals surface area contributed by atoms with Crippen molar-refractivity contribution < 1.29 is 14.8 Å². The predicted octanol–water partition coefficient (Wildman–Crippen LogP) is 3.09. The van der Waals surface area contributed by atoms with Crippen LogP contribution in [0.5, 0.6) is 0 Å². The van der Waals surface area contributed by atoms with Crippen LogP contribution in [0.2, 0.25) is 5.02 Å². The van der Waals surface area contributed by atoms with E-state index in [1.807, 2.05) is 0 Å². The van der Waals surface area contributed by atoms with Gasteiger partial charge in [-0.05, 0) is 24.3 Å². The van der Waals surface area contributed by atoms with Crippen LogP contribution in [0.15, 0.2) is 36.7 Å². The highest BCUT2D eigenvalue weighted by molar-refractivity contribution is 6.33. The Morgan fingerprint density at radius 2 is 2.15 bits per heavy atom. The van der Waals surface area contributed by atoms with E-state index in [4.69, 9.17) is 16.7 Å². The molecule has 102 valence electrons. The summed E-state index contributed by atoms with van der Waals surface area (Å²) < 4.78 is 0. The van der Waals surface area contributed by atoms with E-state index < -0.39 is 10.9 Å². The molecule has 0 aliphatic carbocycles. The highest BCUT2D eigenvalue weighted by Crippen LogP contribution is 2.28. The molecule has 0 fully saturated rings. The van der Waals surface area contributed by atoms with Crippen molar-refractivity contribution in [1.29, 1.82) is 0 Å². The van der Waals surface area contributed by atoms with Crippen LogP contribution in [0.25, 0.3) is 0 Å². The van der Waals surface area contributed by atoms with Crippen LogP contribution < -0.4 is 5.32 Å². The molecular formula is C12H8ClN3O4. The quantitative estimate of drug-likeness (QED) is 0.663. The van der Waals surface area contributed by atoms with Gasteiger partial charge in [0.1, 0.15) is 11.9 Å². The van der Waals surface area contributed by atoms with E-state index in [1.165, 1.54) is 30.5 Å². The van der Waals surface area contributed by atoms with Crippen molar-refractivity contribution in [3.63, 3.8) is 0 Å². The molecule has 8 heteroatoms. The van der Waals surface area contributed by atoms with Crippen LogP contribution >= 0.6 is 11.6 Å². The van der Waals surface area contributed by atoms with Gasteiger partial charge in [-0.25, -0.2) is 4.79 Å². The predicted molar refractivity (Wildman–Crippen MR) is 72.6 cm³/mol. The number of carboxylic acids is 1. The Morgan fingerprint density at radius 1 is 1.40 bits per heavy atom. The van der Waals surface area contributed by atoms with Gasteiger partial charge in [-0.2, -0.15) is 0 Å². The van der Waals surface area contributed by atoms with E-state index in [0.717, 1.165) is 6.20 Å². The molecule has 0 radical (unpaired) electrons. The van der Waals surface area contributed by atoms with Crippen molar-refractivity contribution in [2.75, 3.05) is 5.32 Å². The van der Waals surface area contributed by atoms with E-state index in [9.17, 15) is 14.9 Å². The Balaban J connectivity index is 2.34. The number of hydrogen-bond acceptors (Lipinski definition) is 5. The maximum atomic E-state index is 10.8. The number of aromatic carboxylic acids is 1. The first kappa shape index (κ1) is 13.8. The van der Waals surface area contributed by atoms with Crippen LogP contribution in [0.4, 0.5) is 17.1 Å². The lowest BCUT2D eigenvalue weighted by Gasteiger charge is -2.08. The second-order valence-corrected chi connectivity index (χ2v) is 4.18. The van der Waals surface area contributed by atoms with Gasteiger partial charge in [0.05, 0.1) is 15.5 Å². The molecule has 0 amide bonds. The average molecular weight is 294 g/mol. The zero-order chi connectivity index (χ0) is 14.7. The average Bonchev–Trinajstić information content (AvgIpc) is 2.38. The summed E-state index contributed by atoms with van der Waals surface area (Å²) in [4.78, 5) is 24.8. The molecule has 1 heterocycles. The number of pyridine rings is 1. The summed E-state index contributed by atoms with van der Waals surface area (Å²) in [5, 5.41) is 22.5. The second-order valence-electron chi connectivity index (χ2n) is 3.77. The number of halogens is 1. The minimum absolute atomic E-state index is 0.0403. The Kier molecular flexibility index (Phi) is 3.81. The van der Waals surface area contributed by atoms with Crippen LogP contribution in [0.1, 0.15) is 10.4 Å². The van der Waals surface area contributed by atoms with Crippen molar-refractivity contribution in [1.82, 2.24) is 4.98 Å². The van der Waals surface area contributed by atoms with Crippen molar-refractivity contribution in [3.05, 3.63) is 57.4 Å². The molecule has 1 aromatic carbocycles. The minimum Gasteiger partial charge on any atom is -0.478 e. The zero-order valence-electron chi connectivity index (χ0n) is 9.91. The molecule has 2 N–H and O–H groups in total. The number of rotatable bonds is 4. The van der Waals surface area contributed by atoms with Gasteiger partial charge in [-0.3, -0.25) is 15.1 Å². The summed E-state index contributed by atoms with van der Waals surface area (Å²) in [6.07, 6.45) is 2.53. The van der Waals surface area contributed by atoms with Crippen LogP contribution in [-0.4, -0.2) is 21.0 Å². The SMILES string of the molecule is O=C(O)c1ccc(Nc2ccncc2[N+](=O)[O-])cc1Cl. The standard InChI is InChI=1S/C12H8ClN3O4/c13-9-5-7(1-2-8(9)12(17)18)15-10-3-4-14-6-11(10)16(19)20/h1-6H,(H,14,15)(H,17,18). The summed E-state index contributed by atoms with van der Waals surface area (Å²) in [6, 6.07) is 5.62. The smallest absolute Gasteiger partial charge is 0.337 e. The van der Waals surface area contributed by atoms with E-state index in [2.05, 4.69) is 10.3 Å². The van der Waals surface area contributed by atoms with Crippen molar-refractivity contribution >= 4 is 34.6 Å². The molecule has 0 aliphatic rings. The molecule has 0 atom stereocenters. The summed E-state index contributed by atoms with van der Waals surface area (Å²) in [5.74, 6) is -1.14. The Bertz CT molecular complexity index is 690. The molecule has 0 aliphatic heterocycles. The normalized spacial score (nSPS) is 10.1. The first-order chi connectivity index (χ1) is 9.49. The number of carbonyl (C=O) groups is 1. The Morgan fingerprint density at radius 3 is 2.75 bits per heavy atom. The summed E-state index contributed by atoms with van der Waals surface area (Å²) in [7, 11) is 0. The Hall–Kier alpha value is -2.67. The Labute approximate surface area is 118 Å². The molecule has 0 spiro atoms. The number of anilines is 2. The fourth-order valence-corrected chi connectivity index (χ4v) is 1.82. The fourth-order valence-electron chi connectivity index (χ4n) is 1.56. The fraction of sp³-hybridized carbons (Fsp3) is 0. The lowest BCUT2D eigenvalue weighted by atomic mass is 10.2. The maximum absolute atomic E-state index is 10.8. The summed E-state index contributed by atoms with van der Waals surface area (Å²) >= 11 is 5.83. The van der Waals surface area contributed by atoms with E-state index >= 15 is 0 Å². The third kappa shape index (κ3) is 2.83. The van der Waals surface area contributed by atoms with Crippen LogP contribution in [0, 0.1) is 10.1 Å². The lowest BCUT2D eigenvalue weighted by molar-refractivity contribution is -0.384. The van der Waals surface area contributed by atoms with Crippen molar-refractivity contribution in [2.45, 2.75) is 0 Å². The number of benzene rings is 1. The topological polar surface area (TPSA) is 105 Å². The van der Waals surface area contributed by atoms with Crippen molar-refractivity contribution in [2.24, 2.45) is 0 Å². The van der Waals surface area contributed by atoms with Gasteiger partial charge >= 0.3 is 11.7 Å². The van der Waals surface area contributed by atoms with Gasteiger partial charge in [0, 0.05) is 11.9 Å². The number of nitrogens with zero attached hydrogens (tertiary/aromatic N) is 2. The third-order valence-corrected chi connectivity index (χ3v) is 2.79. The largest absolute Gasteiger partial charge is 0.478 e. The molecule has 7 nitrogen and oxygen atoms in total. The van der Waals surface area contributed by atoms with E-state index in [-0.39, 0.29) is 22.0 Å². The highest BCUT2D eigenvalue weighted by Gasteiger charge is 2.14. The summed E-state index contributed by atoms with van der Waals surface area (Å²) in [6.45, 7) is 0. The van der Waals surface area contributed by atoms with Gasteiger partial charge < -0.3 is 10.4 Å². The number of nitro groups is 1. The first-order valence-electron chi connectivity index (χ1n) is 5.37. The molecule has 0 unspecified atom stereocenters. The van der Waals surface area contributed by atoms with Crippen LogP contribution in [0.3, 0.4) is 0 Å². The van der Waals surface area contributed by atoms with Crippen molar-refractivity contribution in [3.8, 4) is 0 Å². The molecule has 0 saturated heterocycles. The minimum atomic E-state index is -1.14. The molecule has 2 rings (SSSR count). The van der Waals surface area contributed by atoms with Gasteiger partial charge in [0.15, 0.2) is 0 Å². The molecule has 2 aromatic rings. The third-order valence-electron chi connectivity index (χ3n) is 2.48. The second kappa shape index (κ2) is 5.54. The monoisotopic (exact) mass is 293 g/mol. The highest BCUT2D eigenvalue weighted by atomic mass is 35.5.